The molecule has 0 aliphatic carbocycles. The molecule has 2 rings (SSSR count). The number of carbonyl (C=O) groups is 1. The maximum Gasteiger partial charge on any atom is 0.251 e. The van der Waals surface area contributed by atoms with Gasteiger partial charge in [-0.05, 0) is 42.3 Å². The van der Waals surface area contributed by atoms with Crippen LogP contribution in [0.3, 0.4) is 0 Å². The molecule has 2 aromatic carbocycles. The summed E-state index contributed by atoms with van der Waals surface area (Å²) in [6, 6.07) is 10.5. The predicted octanol–water partition coefficient (Wildman–Crippen LogP) is 4.76. The van der Waals surface area contributed by atoms with Crippen molar-refractivity contribution in [2.45, 2.75) is 19.8 Å². The number of benzene rings is 2. The van der Waals surface area contributed by atoms with Gasteiger partial charge in [-0.2, -0.15) is 0 Å². The SMILES string of the molecule is CCCNC(=O)c1ccc(OC)c(OCCc2ccc(Cl)cc2Cl)c1. The molecule has 2 aromatic rings. The summed E-state index contributed by atoms with van der Waals surface area (Å²) in [5.74, 6) is 0.973. The molecule has 6 heteroatoms. The zero-order valence-corrected chi connectivity index (χ0v) is 15.8. The van der Waals surface area contributed by atoms with Gasteiger partial charge in [-0.15, -0.1) is 0 Å². The molecule has 0 bridgehead atoms. The van der Waals surface area contributed by atoms with Crippen molar-refractivity contribution in [2.24, 2.45) is 0 Å². The molecule has 134 valence electrons. The van der Waals surface area contributed by atoms with Gasteiger partial charge in [0, 0.05) is 28.6 Å². The Labute approximate surface area is 158 Å². The molecule has 1 amide bonds. The fraction of sp³-hybridized carbons (Fsp3) is 0.316. The summed E-state index contributed by atoms with van der Waals surface area (Å²) in [7, 11) is 1.56. The third-order valence-corrected chi connectivity index (χ3v) is 4.19. The Hall–Kier alpha value is -1.91. The normalized spacial score (nSPS) is 10.4. The van der Waals surface area contributed by atoms with E-state index >= 15 is 0 Å². The summed E-state index contributed by atoms with van der Waals surface area (Å²) in [4.78, 5) is 12.1. The van der Waals surface area contributed by atoms with E-state index in [2.05, 4.69) is 5.32 Å². The molecular formula is C19H21Cl2NO3. The minimum absolute atomic E-state index is 0.130. The van der Waals surface area contributed by atoms with Crippen LogP contribution >= 0.6 is 23.2 Å². The molecule has 0 radical (unpaired) electrons. The molecule has 0 heterocycles. The average molecular weight is 382 g/mol. The van der Waals surface area contributed by atoms with E-state index in [1.807, 2.05) is 13.0 Å². The summed E-state index contributed by atoms with van der Waals surface area (Å²) >= 11 is 12.1. The quantitative estimate of drug-likeness (QED) is 0.716. The molecule has 1 N–H and O–H groups in total. The fourth-order valence-corrected chi connectivity index (χ4v) is 2.77. The van der Waals surface area contributed by atoms with Gasteiger partial charge in [-0.1, -0.05) is 36.2 Å². The van der Waals surface area contributed by atoms with Crippen LogP contribution in [0.25, 0.3) is 0 Å². The summed E-state index contributed by atoms with van der Waals surface area (Å²) in [5, 5.41) is 4.05. The summed E-state index contributed by atoms with van der Waals surface area (Å²) in [5.41, 5.74) is 1.48. The highest BCUT2D eigenvalue weighted by molar-refractivity contribution is 6.35. The highest BCUT2D eigenvalue weighted by atomic mass is 35.5. The largest absolute Gasteiger partial charge is 0.493 e. The van der Waals surface area contributed by atoms with Gasteiger partial charge in [-0.3, -0.25) is 4.79 Å². The van der Waals surface area contributed by atoms with Crippen molar-refractivity contribution in [1.82, 2.24) is 5.32 Å². The van der Waals surface area contributed by atoms with Gasteiger partial charge in [0.15, 0.2) is 11.5 Å². The lowest BCUT2D eigenvalue weighted by Gasteiger charge is -2.13. The van der Waals surface area contributed by atoms with E-state index in [4.69, 9.17) is 32.7 Å². The maximum atomic E-state index is 12.1. The number of hydrogen-bond acceptors (Lipinski definition) is 3. The third kappa shape index (κ3) is 5.55. The van der Waals surface area contributed by atoms with Crippen LogP contribution < -0.4 is 14.8 Å². The molecular weight excluding hydrogens is 361 g/mol. The molecule has 0 saturated carbocycles. The van der Waals surface area contributed by atoms with E-state index < -0.39 is 0 Å². The molecule has 0 spiro atoms. The second-order valence-corrected chi connectivity index (χ2v) is 6.30. The molecule has 0 aliphatic heterocycles. The first-order valence-corrected chi connectivity index (χ1v) is 8.83. The van der Waals surface area contributed by atoms with Crippen LogP contribution in [0, 0.1) is 0 Å². The van der Waals surface area contributed by atoms with E-state index in [9.17, 15) is 4.79 Å². The summed E-state index contributed by atoms with van der Waals surface area (Å²) in [6.07, 6.45) is 1.50. The Morgan fingerprint density at radius 2 is 1.92 bits per heavy atom. The van der Waals surface area contributed by atoms with Gasteiger partial charge >= 0.3 is 0 Å². The van der Waals surface area contributed by atoms with Crippen LogP contribution in [0.2, 0.25) is 10.0 Å². The minimum atomic E-state index is -0.130. The van der Waals surface area contributed by atoms with Crippen LogP contribution in [0.15, 0.2) is 36.4 Å². The van der Waals surface area contributed by atoms with E-state index in [0.29, 0.717) is 46.7 Å². The van der Waals surface area contributed by atoms with Gasteiger partial charge in [0.05, 0.1) is 13.7 Å². The molecule has 0 saturated heterocycles. The number of halogens is 2. The van der Waals surface area contributed by atoms with Crippen molar-refractivity contribution in [3.63, 3.8) is 0 Å². The fourth-order valence-electron chi connectivity index (χ4n) is 2.27. The predicted molar refractivity (Wildman–Crippen MR) is 101 cm³/mol. The van der Waals surface area contributed by atoms with Crippen LogP contribution in [-0.4, -0.2) is 26.2 Å². The van der Waals surface area contributed by atoms with Gasteiger partial charge in [-0.25, -0.2) is 0 Å². The van der Waals surface area contributed by atoms with Crippen molar-refractivity contribution < 1.29 is 14.3 Å². The molecule has 0 aromatic heterocycles. The minimum Gasteiger partial charge on any atom is -0.493 e. The number of hydrogen-bond donors (Lipinski definition) is 1. The molecule has 4 nitrogen and oxygen atoms in total. The Morgan fingerprint density at radius 1 is 1.12 bits per heavy atom. The molecule has 0 atom stereocenters. The third-order valence-electron chi connectivity index (χ3n) is 3.61. The van der Waals surface area contributed by atoms with Crippen molar-refractivity contribution in [3.8, 4) is 11.5 Å². The Bertz CT molecular complexity index is 735. The van der Waals surface area contributed by atoms with Gasteiger partial charge in [0.2, 0.25) is 0 Å². The number of methoxy groups -OCH3 is 1. The van der Waals surface area contributed by atoms with E-state index in [1.54, 1.807) is 37.4 Å². The number of nitrogens with one attached hydrogen (secondary N) is 1. The number of ether oxygens (including phenoxy) is 2. The van der Waals surface area contributed by atoms with Crippen LogP contribution in [0.1, 0.15) is 29.3 Å². The average Bonchev–Trinajstić information content (AvgIpc) is 2.61. The second kappa shape index (κ2) is 9.54. The van der Waals surface area contributed by atoms with Crippen molar-refractivity contribution in [2.75, 3.05) is 20.3 Å². The van der Waals surface area contributed by atoms with Crippen molar-refractivity contribution >= 4 is 29.1 Å². The lowest BCUT2D eigenvalue weighted by atomic mass is 10.1. The summed E-state index contributed by atoms with van der Waals surface area (Å²) in [6.45, 7) is 3.04. The molecule has 0 aliphatic rings. The van der Waals surface area contributed by atoms with E-state index in [1.165, 1.54) is 0 Å². The number of carbonyl (C=O) groups excluding carboxylic acids is 1. The Kier molecular flexibility index (Phi) is 7.41. The van der Waals surface area contributed by atoms with Crippen LogP contribution in [0.4, 0.5) is 0 Å². The van der Waals surface area contributed by atoms with Crippen LogP contribution in [-0.2, 0) is 6.42 Å². The van der Waals surface area contributed by atoms with E-state index in [0.717, 1.165) is 12.0 Å². The number of amides is 1. The molecule has 25 heavy (non-hydrogen) atoms. The van der Waals surface area contributed by atoms with Crippen LogP contribution in [0.5, 0.6) is 11.5 Å². The zero-order valence-electron chi connectivity index (χ0n) is 14.3. The Morgan fingerprint density at radius 3 is 2.60 bits per heavy atom. The zero-order chi connectivity index (χ0) is 18.2. The lowest BCUT2D eigenvalue weighted by Crippen LogP contribution is -2.24. The summed E-state index contributed by atoms with van der Waals surface area (Å²) < 4.78 is 11.1. The monoisotopic (exact) mass is 381 g/mol. The second-order valence-electron chi connectivity index (χ2n) is 5.46. The first-order valence-electron chi connectivity index (χ1n) is 8.08. The maximum absolute atomic E-state index is 12.1. The highest BCUT2D eigenvalue weighted by Crippen LogP contribution is 2.29. The lowest BCUT2D eigenvalue weighted by molar-refractivity contribution is 0.0953. The first kappa shape index (κ1) is 19.4. The topological polar surface area (TPSA) is 47.6 Å². The first-order chi connectivity index (χ1) is 12.0. The van der Waals surface area contributed by atoms with Gasteiger partial charge < -0.3 is 14.8 Å². The number of rotatable bonds is 8. The van der Waals surface area contributed by atoms with Gasteiger partial charge in [0.1, 0.15) is 0 Å². The smallest absolute Gasteiger partial charge is 0.251 e. The van der Waals surface area contributed by atoms with E-state index in [-0.39, 0.29) is 5.91 Å². The molecule has 0 unspecified atom stereocenters. The standard InChI is InChI=1S/C19H21Cl2NO3/c1-3-9-22-19(23)14-5-7-17(24-2)18(11-14)25-10-8-13-4-6-15(20)12-16(13)21/h4-7,11-12H,3,8-10H2,1-2H3,(H,22,23). The molecule has 0 fully saturated rings. The van der Waals surface area contributed by atoms with Crippen molar-refractivity contribution in [1.29, 1.82) is 0 Å². The van der Waals surface area contributed by atoms with Crippen molar-refractivity contribution in [3.05, 3.63) is 57.6 Å². The highest BCUT2D eigenvalue weighted by Gasteiger charge is 2.11. The Balaban J connectivity index is 2.05. The van der Waals surface area contributed by atoms with Gasteiger partial charge in [0.25, 0.3) is 5.91 Å².